The number of nitrogens with zero attached hydrogens (tertiary/aromatic N) is 1. The van der Waals surface area contributed by atoms with Gasteiger partial charge in [-0.3, -0.25) is 10.1 Å². The highest BCUT2D eigenvalue weighted by Gasteiger charge is 2.27. The molecule has 1 heterocycles. The maximum absolute atomic E-state index is 10.4. The molecule has 0 bridgehead atoms. The summed E-state index contributed by atoms with van der Waals surface area (Å²) in [5, 5.41) is 19.7. The average Bonchev–Trinajstić information content (AvgIpc) is 2.66. The summed E-state index contributed by atoms with van der Waals surface area (Å²) in [5.74, 6) is 0. The minimum atomic E-state index is -0.571. The van der Waals surface area contributed by atoms with Crippen molar-refractivity contribution >= 4 is 16.3 Å². The number of nitrogens with two attached hydrogens (primary N) is 1. The maximum Gasteiger partial charge on any atom is 0.324 e. The monoisotopic (exact) mass is 216 g/mol. The van der Waals surface area contributed by atoms with Crippen LogP contribution in [0.4, 0.5) is 5.00 Å². The first-order chi connectivity index (χ1) is 6.53. The number of thiophene rings is 1. The van der Waals surface area contributed by atoms with E-state index in [1.54, 1.807) is 13.0 Å². The molecule has 0 spiro atoms. The van der Waals surface area contributed by atoms with Gasteiger partial charge in [-0.05, 0) is 6.07 Å². The lowest BCUT2D eigenvalue weighted by atomic mass is 9.90. The third-order valence-corrected chi connectivity index (χ3v) is 3.51. The number of rotatable bonds is 4. The molecule has 0 amide bonds. The van der Waals surface area contributed by atoms with Gasteiger partial charge in [0.25, 0.3) is 0 Å². The van der Waals surface area contributed by atoms with Crippen molar-refractivity contribution in [3.63, 3.8) is 0 Å². The van der Waals surface area contributed by atoms with Gasteiger partial charge in [-0.1, -0.05) is 18.3 Å². The van der Waals surface area contributed by atoms with Crippen molar-refractivity contribution in [2.45, 2.75) is 12.3 Å². The predicted octanol–water partition coefficient (Wildman–Crippen LogP) is 0.865. The molecule has 0 radical (unpaired) electrons. The number of aliphatic hydroxyl groups excluding tert-OH is 1. The van der Waals surface area contributed by atoms with E-state index in [1.807, 2.05) is 0 Å². The molecule has 0 saturated carbocycles. The zero-order chi connectivity index (χ0) is 10.8. The standard InChI is InChI=1S/C8H12N2O3S/c1-8(4-9,5-11)6-2-3-7(14-6)10(12)13/h2-3,11H,4-5,9H2,1H3. The lowest BCUT2D eigenvalue weighted by molar-refractivity contribution is -0.380. The fraction of sp³-hybridized carbons (Fsp3) is 0.500. The van der Waals surface area contributed by atoms with Crippen molar-refractivity contribution in [2.24, 2.45) is 5.73 Å². The Morgan fingerprint density at radius 1 is 1.71 bits per heavy atom. The van der Waals surface area contributed by atoms with E-state index >= 15 is 0 Å². The maximum atomic E-state index is 10.4. The summed E-state index contributed by atoms with van der Waals surface area (Å²) in [6.45, 7) is 1.94. The molecule has 0 saturated heterocycles. The van der Waals surface area contributed by atoms with Crippen LogP contribution >= 0.6 is 11.3 Å². The van der Waals surface area contributed by atoms with Crippen molar-refractivity contribution < 1.29 is 10.0 Å². The molecule has 14 heavy (non-hydrogen) atoms. The summed E-state index contributed by atoms with van der Waals surface area (Å²) in [7, 11) is 0. The Morgan fingerprint density at radius 2 is 2.36 bits per heavy atom. The third kappa shape index (κ3) is 1.92. The molecular weight excluding hydrogens is 204 g/mol. The molecule has 0 fully saturated rings. The average molecular weight is 216 g/mol. The van der Waals surface area contributed by atoms with E-state index < -0.39 is 10.3 Å². The van der Waals surface area contributed by atoms with Gasteiger partial charge in [-0.15, -0.1) is 0 Å². The molecule has 78 valence electrons. The number of hydrogen-bond acceptors (Lipinski definition) is 5. The van der Waals surface area contributed by atoms with Crippen molar-refractivity contribution in [1.29, 1.82) is 0 Å². The quantitative estimate of drug-likeness (QED) is 0.577. The van der Waals surface area contributed by atoms with Crippen LogP contribution in [0.5, 0.6) is 0 Å². The lowest BCUT2D eigenvalue weighted by Crippen LogP contribution is -2.34. The molecule has 1 aromatic heterocycles. The molecule has 1 aromatic rings. The van der Waals surface area contributed by atoms with Crippen molar-refractivity contribution in [3.05, 3.63) is 27.1 Å². The molecule has 3 N–H and O–H groups in total. The number of nitro groups is 1. The van der Waals surface area contributed by atoms with Crippen LogP contribution in [-0.4, -0.2) is 23.2 Å². The summed E-state index contributed by atoms with van der Waals surface area (Å²) < 4.78 is 0. The fourth-order valence-electron chi connectivity index (χ4n) is 0.993. The Kier molecular flexibility index (Phi) is 3.20. The first-order valence-electron chi connectivity index (χ1n) is 4.09. The van der Waals surface area contributed by atoms with E-state index in [-0.39, 0.29) is 18.2 Å². The van der Waals surface area contributed by atoms with Gasteiger partial charge in [-0.25, -0.2) is 0 Å². The van der Waals surface area contributed by atoms with Gasteiger partial charge in [0.1, 0.15) is 0 Å². The largest absolute Gasteiger partial charge is 0.395 e. The van der Waals surface area contributed by atoms with E-state index in [9.17, 15) is 10.1 Å². The van der Waals surface area contributed by atoms with Crippen LogP contribution < -0.4 is 5.73 Å². The SMILES string of the molecule is CC(CN)(CO)c1ccc([N+](=O)[O-])s1. The van der Waals surface area contributed by atoms with Crippen LogP contribution in [0, 0.1) is 10.1 Å². The van der Waals surface area contributed by atoms with Crippen LogP contribution in [0.15, 0.2) is 12.1 Å². The van der Waals surface area contributed by atoms with Crippen molar-refractivity contribution in [1.82, 2.24) is 0 Å². The summed E-state index contributed by atoms with van der Waals surface area (Å²) in [5.41, 5.74) is 4.94. The highest BCUT2D eigenvalue weighted by Crippen LogP contribution is 2.33. The van der Waals surface area contributed by atoms with E-state index in [0.29, 0.717) is 0 Å². The summed E-state index contributed by atoms with van der Waals surface area (Å²) in [4.78, 5) is 10.7. The molecule has 5 nitrogen and oxygen atoms in total. The lowest BCUT2D eigenvalue weighted by Gasteiger charge is -2.23. The van der Waals surface area contributed by atoms with E-state index in [4.69, 9.17) is 10.8 Å². The smallest absolute Gasteiger partial charge is 0.324 e. The minimum Gasteiger partial charge on any atom is -0.395 e. The fourth-order valence-corrected chi connectivity index (χ4v) is 1.96. The van der Waals surface area contributed by atoms with Crippen LogP contribution in [0.2, 0.25) is 0 Å². The predicted molar refractivity (Wildman–Crippen MR) is 54.5 cm³/mol. The molecule has 1 atom stereocenters. The Balaban J connectivity index is 3.01. The first-order valence-corrected chi connectivity index (χ1v) is 4.91. The second-order valence-corrected chi connectivity index (χ2v) is 4.38. The van der Waals surface area contributed by atoms with Crippen molar-refractivity contribution in [2.75, 3.05) is 13.2 Å². The second kappa shape index (κ2) is 4.04. The van der Waals surface area contributed by atoms with Crippen LogP contribution in [0.1, 0.15) is 11.8 Å². The molecule has 1 unspecified atom stereocenters. The Morgan fingerprint density at radius 3 is 2.71 bits per heavy atom. The van der Waals surface area contributed by atoms with Crippen LogP contribution in [0.25, 0.3) is 0 Å². The molecule has 0 aliphatic rings. The van der Waals surface area contributed by atoms with E-state index in [2.05, 4.69) is 0 Å². The second-order valence-electron chi connectivity index (χ2n) is 3.32. The van der Waals surface area contributed by atoms with Gasteiger partial charge in [-0.2, -0.15) is 0 Å². The Bertz CT molecular complexity index is 333. The molecule has 6 heteroatoms. The summed E-state index contributed by atoms with van der Waals surface area (Å²) in [6, 6.07) is 3.08. The number of hydrogen-bond donors (Lipinski definition) is 2. The van der Waals surface area contributed by atoms with Crippen LogP contribution in [-0.2, 0) is 5.41 Å². The van der Waals surface area contributed by atoms with Gasteiger partial charge >= 0.3 is 5.00 Å². The Hall–Kier alpha value is -0.980. The van der Waals surface area contributed by atoms with E-state index in [1.165, 1.54) is 6.07 Å². The normalized spacial score (nSPS) is 15.1. The summed E-state index contributed by atoms with van der Waals surface area (Å²) in [6.07, 6.45) is 0. The topological polar surface area (TPSA) is 89.4 Å². The van der Waals surface area contributed by atoms with Gasteiger partial charge in [0.2, 0.25) is 0 Å². The first kappa shape index (κ1) is 11.1. The van der Waals surface area contributed by atoms with Gasteiger partial charge in [0, 0.05) is 22.9 Å². The van der Waals surface area contributed by atoms with Gasteiger partial charge in [0.05, 0.1) is 11.5 Å². The molecule has 1 rings (SSSR count). The summed E-state index contributed by atoms with van der Waals surface area (Å²) >= 11 is 1.06. The van der Waals surface area contributed by atoms with Crippen LogP contribution in [0.3, 0.4) is 0 Å². The van der Waals surface area contributed by atoms with E-state index in [0.717, 1.165) is 16.2 Å². The van der Waals surface area contributed by atoms with Gasteiger partial charge in [0.15, 0.2) is 0 Å². The molecule has 0 aromatic carbocycles. The highest BCUT2D eigenvalue weighted by atomic mass is 32.1. The zero-order valence-corrected chi connectivity index (χ0v) is 8.58. The molecule has 0 aliphatic heterocycles. The van der Waals surface area contributed by atoms with Crippen molar-refractivity contribution in [3.8, 4) is 0 Å². The Labute approximate surface area is 85.3 Å². The minimum absolute atomic E-state index is 0.0770. The van der Waals surface area contributed by atoms with Gasteiger partial charge < -0.3 is 10.8 Å². The third-order valence-electron chi connectivity index (χ3n) is 2.17. The molecule has 0 aliphatic carbocycles. The molecular formula is C8H12N2O3S. The zero-order valence-electron chi connectivity index (χ0n) is 7.77. The number of aliphatic hydroxyl groups is 1. The highest BCUT2D eigenvalue weighted by molar-refractivity contribution is 7.15.